The first-order valence-corrected chi connectivity index (χ1v) is 10.9. The molecule has 0 unspecified atom stereocenters. The Kier molecular flexibility index (Phi) is 7.09. The van der Waals surface area contributed by atoms with Crippen molar-refractivity contribution in [2.24, 2.45) is 5.92 Å². The van der Waals surface area contributed by atoms with E-state index in [9.17, 15) is 36.5 Å². The molecule has 12 heteroatoms. The number of carbonyl (C=O) groups is 1. The Balaban J connectivity index is 2.00. The van der Waals surface area contributed by atoms with Gasteiger partial charge in [0.1, 0.15) is 5.69 Å². The maximum absolute atomic E-state index is 12.8. The van der Waals surface area contributed by atoms with E-state index in [1.165, 1.54) is 6.92 Å². The Labute approximate surface area is 166 Å². The number of hydrogen-bond acceptors (Lipinski definition) is 6. The summed E-state index contributed by atoms with van der Waals surface area (Å²) in [4.78, 5) is 24.2. The highest BCUT2D eigenvalue weighted by Crippen LogP contribution is 2.37. The van der Waals surface area contributed by atoms with Gasteiger partial charge in [0.25, 0.3) is 5.69 Å². The summed E-state index contributed by atoms with van der Waals surface area (Å²) in [6.45, 7) is 2.06. The van der Waals surface area contributed by atoms with Crippen LogP contribution >= 0.6 is 0 Å². The molecule has 0 spiro atoms. The third kappa shape index (κ3) is 6.05. The summed E-state index contributed by atoms with van der Waals surface area (Å²) in [5.41, 5.74) is -1.65. The Morgan fingerprint density at radius 2 is 1.93 bits per heavy atom. The van der Waals surface area contributed by atoms with E-state index in [-0.39, 0.29) is 48.7 Å². The molecule has 1 heterocycles. The molecule has 1 aromatic rings. The van der Waals surface area contributed by atoms with E-state index in [0.717, 1.165) is 12.1 Å². The number of piperidine rings is 1. The smallest absolute Gasteiger partial charge is 0.366 e. The molecule has 1 amide bonds. The van der Waals surface area contributed by atoms with E-state index in [2.05, 4.69) is 5.32 Å². The number of halogens is 3. The molecular weight excluding hydrogens is 415 g/mol. The van der Waals surface area contributed by atoms with Crippen LogP contribution in [0.1, 0.15) is 25.3 Å². The van der Waals surface area contributed by atoms with Crippen molar-refractivity contribution in [3.63, 3.8) is 0 Å². The van der Waals surface area contributed by atoms with Crippen LogP contribution in [0.5, 0.6) is 0 Å². The van der Waals surface area contributed by atoms with Gasteiger partial charge in [-0.25, -0.2) is 8.42 Å². The van der Waals surface area contributed by atoms with Gasteiger partial charge in [-0.15, -0.1) is 0 Å². The van der Waals surface area contributed by atoms with Gasteiger partial charge in [0, 0.05) is 37.4 Å². The lowest BCUT2D eigenvalue weighted by molar-refractivity contribution is -0.384. The van der Waals surface area contributed by atoms with Gasteiger partial charge in [-0.2, -0.15) is 13.2 Å². The minimum atomic E-state index is -4.68. The van der Waals surface area contributed by atoms with Crippen molar-refractivity contribution in [1.29, 1.82) is 0 Å². The molecule has 1 aliphatic rings. The van der Waals surface area contributed by atoms with E-state index < -0.39 is 32.2 Å². The third-order valence-electron chi connectivity index (χ3n) is 4.86. The fraction of sp³-hybridized carbons (Fsp3) is 0.588. The molecule has 1 N–H and O–H groups in total. The highest BCUT2D eigenvalue weighted by molar-refractivity contribution is 7.91. The molecule has 1 aliphatic heterocycles. The normalized spacial score (nSPS) is 15.9. The van der Waals surface area contributed by atoms with Crippen molar-refractivity contribution in [2.75, 3.05) is 36.0 Å². The van der Waals surface area contributed by atoms with Crippen LogP contribution in [0.4, 0.5) is 24.5 Å². The zero-order valence-electron chi connectivity index (χ0n) is 15.7. The highest BCUT2D eigenvalue weighted by atomic mass is 32.2. The van der Waals surface area contributed by atoms with Gasteiger partial charge >= 0.3 is 6.18 Å². The zero-order valence-corrected chi connectivity index (χ0v) is 16.6. The molecule has 1 aromatic carbocycles. The predicted molar refractivity (Wildman–Crippen MR) is 100 cm³/mol. The molecule has 0 saturated carbocycles. The number of alkyl halides is 3. The van der Waals surface area contributed by atoms with Gasteiger partial charge in [0.2, 0.25) is 5.91 Å². The second kappa shape index (κ2) is 8.97. The van der Waals surface area contributed by atoms with Crippen LogP contribution in [0.15, 0.2) is 18.2 Å². The Hall–Kier alpha value is -2.37. The lowest BCUT2D eigenvalue weighted by Crippen LogP contribution is -2.41. The van der Waals surface area contributed by atoms with Crippen molar-refractivity contribution in [3.8, 4) is 0 Å². The number of benzene rings is 1. The number of carbonyl (C=O) groups excluding carboxylic acids is 1. The van der Waals surface area contributed by atoms with E-state index >= 15 is 0 Å². The predicted octanol–water partition coefficient (Wildman–Crippen LogP) is 2.38. The molecule has 0 atom stereocenters. The Bertz CT molecular complexity index is 866. The largest absolute Gasteiger partial charge is 0.416 e. The summed E-state index contributed by atoms with van der Waals surface area (Å²) in [7, 11) is -3.18. The SMILES string of the molecule is CCS(=O)(=O)CCNC(=O)C1CCN(c2ccc(C(F)(F)F)cc2[N+](=O)[O-])CC1. The first-order valence-electron chi connectivity index (χ1n) is 9.03. The first kappa shape index (κ1) is 22.9. The lowest BCUT2D eigenvalue weighted by Gasteiger charge is -2.32. The summed E-state index contributed by atoms with van der Waals surface area (Å²) in [6.07, 6.45) is -3.98. The maximum Gasteiger partial charge on any atom is 0.416 e. The summed E-state index contributed by atoms with van der Waals surface area (Å²) >= 11 is 0. The number of nitro groups is 1. The average Bonchev–Trinajstić information content (AvgIpc) is 2.66. The molecule has 2 rings (SSSR count). The fourth-order valence-corrected chi connectivity index (χ4v) is 3.82. The van der Waals surface area contributed by atoms with Crippen LogP contribution in [0.2, 0.25) is 0 Å². The standard InChI is InChI=1S/C17H22F3N3O5S/c1-2-29(27,28)10-7-21-16(24)12-5-8-22(9-6-12)14-4-3-13(17(18,19)20)11-15(14)23(25)26/h3-4,11-12H,2,5-10H2,1H3,(H,21,24). The lowest BCUT2D eigenvalue weighted by atomic mass is 9.95. The molecule has 162 valence electrons. The van der Waals surface area contributed by atoms with Crippen LogP contribution in [0.25, 0.3) is 0 Å². The van der Waals surface area contributed by atoms with Gasteiger partial charge in [0.05, 0.1) is 16.2 Å². The monoisotopic (exact) mass is 437 g/mol. The molecule has 1 saturated heterocycles. The van der Waals surface area contributed by atoms with E-state index in [1.807, 2.05) is 0 Å². The maximum atomic E-state index is 12.8. The van der Waals surface area contributed by atoms with Gasteiger partial charge in [0.15, 0.2) is 9.84 Å². The molecule has 0 aliphatic carbocycles. The summed E-state index contributed by atoms with van der Waals surface area (Å²) in [5, 5.41) is 13.8. The highest BCUT2D eigenvalue weighted by Gasteiger charge is 2.34. The Morgan fingerprint density at radius 1 is 1.31 bits per heavy atom. The number of nitro benzene ring substituents is 1. The van der Waals surface area contributed by atoms with Crippen molar-refractivity contribution in [2.45, 2.75) is 25.9 Å². The molecule has 0 bridgehead atoms. The van der Waals surface area contributed by atoms with Crippen LogP contribution < -0.4 is 10.2 Å². The minimum absolute atomic E-state index is 0.00678. The number of hydrogen-bond donors (Lipinski definition) is 1. The van der Waals surface area contributed by atoms with Crippen LogP contribution in [-0.2, 0) is 20.8 Å². The second-order valence-corrected chi connectivity index (χ2v) is 9.22. The van der Waals surface area contributed by atoms with Gasteiger partial charge in [-0.05, 0) is 25.0 Å². The molecule has 0 aromatic heterocycles. The minimum Gasteiger partial charge on any atom is -0.366 e. The van der Waals surface area contributed by atoms with E-state index in [1.54, 1.807) is 4.90 Å². The van der Waals surface area contributed by atoms with Crippen molar-refractivity contribution < 1.29 is 31.3 Å². The number of nitrogens with one attached hydrogen (secondary N) is 1. The van der Waals surface area contributed by atoms with Crippen molar-refractivity contribution >= 4 is 27.1 Å². The molecular formula is C17H22F3N3O5S. The number of rotatable bonds is 7. The van der Waals surface area contributed by atoms with E-state index in [0.29, 0.717) is 18.9 Å². The van der Waals surface area contributed by atoms with Crippen LogP contribution in [-0.4, -0.2) is 50.4 Å². The van der Waals surface area contributed by atoms with Gasteiger partial charge < -0.3 is 10.2 Å². The quantitative estimate of drug-likeness (QED) is 0.518. The van der Waals surface area contributed by atoms with E-state index in [4.69, 9.17) is 0 Å². The first-order chi connectivity index (χ1) is 13.4. The topological polar surface area (TPSA) is 110 Å². The molecule has 29 heavy (non-hydrogen) atoms. The Morgan fingerprint density at radius 3 is 2.45 bits per heavy atom. The second-order valence-electron chi connectivity index (χ2n) is 6.75. The van der Waals surface area contributed by atoms with Crippen molar-refractivity contribution in [3.05, 3.63) is 33.9 Å². The van der Waals surface area contributed by atoms with Gasteiger partial charge in [-0.3, -0.25) is 14.9 Å². The average molecular weight is 437 g/mol. The molecule has 0 radical (unpaired) electrons. The van der Waals surface area contributed by atoms with Gasteiger partial charge in [-0.1, -0.05) is 6.92 Å². The number of sulfone groups is 1. The number of nitrogens with zero attached hydrogens (tertiary/aromatic N) is 2. The summed E-state index contributed by atoms with van der Waals surface area (Å²) < 4.78 is 61.4. The molecule has 8 nitrogen and oxygen atoms in total. The van der Waals surface area contributed by atoms with Crippen molar-refractivity contribution in [1.82, 2.24) is 5.32 Å². The van der Waals surface area contributed by atoms with Crippen LogP contribution in [0.3, 0.4) is 0 Å². The molecule has 1 fully saturated rings. The van der Waals surface area contributed by atoms with Crippen LogP contribution in [0, 0.1) is 16.0 Å². The summed E-state index contributed by atoms with van der Waals surface area (Å²) in [6, 6.07) is 2.40. The number of anilines is 1. The summed E-state index contributed by atoms with van der Waals surface area (Å²) in [5.74, 6) is -0.833. The fourth-order valence-electron chi connectivity index (χ4n) is 3.11. The number of amides is 1. The third-order valence-corrected chi connectivity index (χ3v) is 6.56. The zero-order chi connectivity index (χ0) is 21.8.